The van der Waals surface area contributed by atoms with Crippen molar-refractivity contribution in [2.75, 3.05) is 32.1 Å². The van der Waals surface area contributed by atoms with E-state index in [0.717, 1.165) is 44.5 Å². The maximum atomic E-state index is 15.0. The van der Waals surface area contributed by atoms with Crippen LogP contribution < -0.4 is 4.90 Å². The molecule has 0 spiro atoms. The largest absolute Gasteiger partial charge is 0.438 e. The SMILES string of the molecule is Cc1c(-c2cc(F)ccc2F)c(N2CC[C@H](N(C)C)C2)c2oc(C3CC3)nc2c1C#N. The summed E-state index contributed by atoms with van der Waals surface area (Å²) in [6.07, 6.45) is 2.98. The van der Waals surface area contributed by atoms with Gasteiger partial charge in [0.1, 0.15) is 23.2 Å². The average molecular weight is 422 g/mol. The first-order valence-electron chi connectivity index (χ1n) is 10.6. The Hall–Kier alpha value is -2.98. The molecule has 5 rings (SSSR count). The van der Waals surface area contributed by atoms with Crippen LogP contribution in [0, 0.1) is 29.9 Å². The van der Waals surface area contributed by atoms with Gasteiger partial charge in [0, 0.05) is 36.2 Å². The molecule has 5 nitrogen and oxygen atoms in total. The number of fused-ring (bicyclic) bond motifs is 1. The molecule has 2 aromatic carbocycles. The zero-order chi connectivity index (χ0) is 21.9. The highest BCUT2D eigenvalue weighted by Crippen LogP contribution is 2.47. The fourth-order valence-electron chi connectivity index (χ4n) is 4.59. The van der Waals surface area contributed by atoms with E-state index in [1.165, 1.54) is 6.07 Å². The van der Waals surface area contributed by atoms with Crippen LogP contribution in [0.4, 0.5) is 14.5 Å². The molecule has 2 aliphatic rings. The van der Waals surface area contributed by atoms with Crippen molar-refractivity contribution in [3.05, 3.63) is 46.9 Å². The molecule has 1 saturated heterocycles. The van der Waals surface area contributed by atoms with Gasteiger partial charge in [-0.15, -0.1) is 0 Å². The third-order valence-electron chi connectivity index (χ3n) is 6.53. The monoisotopic (exact) mass is 422 g/mol. The first-order valence-corrected chi connectivity index (χ1v) is 10.6. The number of rotatable bonds is 4. The van der Waals surface area contributed by atoms with Gasteiger partial charge < -0.3 is 14.2 Å². The van der Waals surface area contributed by atoms with Crippen LogP contribution in [-0.4, -0.2) is 43.1 Å². The molecule has 160 valence electrons. The van der Waals surface area contributed by atoms with Crippen LogP contribution in [0.5, 0.6) is 0 Å². The molecular weight excluding hydrogens is 398 g/mol. The van der Waals surface area contributed by atoms with Gasteiger partial charge >= 0.3 is 0 Å². The van der Waals surface area contributed by atoms with E-state index in [0.29, 0.717) is 45.4 Å². The smallest absolute Gasteiger partial charge is 0.198 e. The summed E-state index contributed by atoms with van der Waals surface area (Å²) in [6.45, 7) is 3.27. The number of likely N-dealkylation sites (N-methyl/N-ethyl adjacent to an activating group) is 1. The third-order valence-corrected chi connectivity index (χ3v) is 6.53. The standard InChI is InChI=1S/C24H24F2N4O/c1-13-18(11-27)21-23(31-24(28-21)14-4-5-14)22(30-9-8-16(12-30)29(2)3)20(13)17-10-15(25)6-7-19(17)26/h6-7,10,14,16H,4-5,8-9,12H2,1-3H3/t16-/m0/s1. The first-order chi connectivity index (χ1) is 14.9. The van der Waals surface area contributed by atoms with Gasteiger partial charge in [0.15, 0.2) is 11.5 Å². The number of nitriles is 1. The van der Waals surface area contributed by atoms with Crippen molar-refractivity contribution in [2.24, 2.45) is 0 Å². The molecule has 0 bridgehead atoms. The highest BCUT2D eigenvalue weighted by Gasteiger charge is 2.35. The minimum absolute atomic E-state index is 0.142. The summed E-state index contributed by atoms with van der Waals surface area (Å²) in [7, 11) is 4.08. The van der Waals surface area contributed by atoms with E-state index < -0.39 is 11.6 Å². The van der Waals surface area contributed by atoms with E-state index in [-0.39, 0.29) is 11.5 Å². The minimum atomic E-state index is -0.528. The van der Waals surface area contributed by atoms with Crippen molar-refractivity contribution >= 4 is 16.8 Å². The maximum Gasteiger partial charge on any atom is 0.198 e. The molecule has 2 heterocycles. The number of benzene rings is 2. The van der Waals surface area contributed by atoms with Crippen LogP contribution >= 0.6 is 0 Å². The van der Waals surface area contributed by atoms with E-state index >= 15 is 0 Å². The Bertz CT molecular complexity index is 1220. The summed E-state index contributed by atoms with van der Waals surface area (Å²) >= 11 is 0. The highest BCUT2D eigenvalue weighted by atomic mass is 19.1. The zero-order valence-electron chi connectivity index (χ0n) is 17.9. The fraction of sp³-hybridized carbons (Fsp3) is 0.417. The Balaban J connectivity index is 1.83. The predicted octanol–water partition coefficient (Wildman–Crippen LogP) is 4.97. The highest BCUT2D eigenvalue weighted by molar-refractivity contribution is 6.02. The number of oxazole rings is 1. The second-order valence-corrected chi connectivity index (χ2v) is 8.82. The van der Waals surface area contributed by atoms with Gasteiger partial charge in [-0.2, -0.15) is 5.26 Å². The van der Waals surface area contributed by atoms with Crippen LogP contribution in [-0.2, 0) is 0 Å². The lowest BCUT2D eigenvalue weighted by Crippen LogP contribution is -2.31. The van der Waals surface area contributed by atoms with Crippen LogP contribution in [0.15, 0.2) is 22.6 Å². The average Bonchev–Trinajstić information content (AvgIpc) is 3.30. The van der Waals surface area contributed by atoms with Gasteiger partial charge in [0.2, 0.25) is 0 Å². The van der Waals surface area contributed by atoms with E-state index in [9.17, 15) is 14.0 Å². The molecule has 0 amide bonds. The van der Waals surface area contributed by atoms with Gasteiger partial charge in [-0.1, -0.05) is 0 Å². The molecule has 1 saturated carbocycles. The number of nitrogens with zero attached hydrogens (tertiary/aromatic N) is 4. The summed E-state index contributed by atoms with van der Waals surface area (Å²) in [5.74, 6) is -0.148. The number of halogens is 2. The molecule has 7 heteroatoms. The molecule has 3 aromatic rings. The first kappa shape index (κ1) is 20.0. The normalized spacial score (nSPS) is 18.9. The Morgan fingerprint density at radius 3 is 2.65 bits per heavy atom. The summed E-state index contributed by atoms with van der Waals surface area (Å²) in [5, 5.41) is 9.93. The molecule has 1 aromatic heterocycles. The van der Waals surface area contributed by atoms with Crippen LogP contribution in [0.3, 0.4) is 0 Å². The third kappa shape index (κ3) is 3.26. The maximum absolute atomic E-state index is 15.0. The summed E-state index contributed by atoms with van der Waals surface area (Å²) < 4.78 is 35.4. The van der Waals surface area contributed by atoms with Gasteiger partial charge in [-0.3, -0.25) is 0 Å². The van der Waals surface area contributed by atoms with Crippen LogP contribution in [0.1, 0.15) is 42.2 Å². The van der Waals surface area contributed by atoms with Crippen molar-refractivity contribution in [3.63, 3.8) is 0 Å². The molecule has 1 aliphatic carbocycles. The Kier molecular flexibility index (Phi) is 4.71. The molecular formula is C24H24F2N4O. The lowest BCUT2D eigenvalue weighted by molar-refractivity contribution is 0.315. The fourth-order valence-corrected chi connectivity index (χ4v) is 4.59. The van der Waals surface area contributed by atoms with E-state index in [4.69, 9.17) is 4.42 Å². The Morgan fingerprint density at radius 1 is 1.23 bits per heavy atom. The lowest BCUT2D eigenvalue weighted by Gasteiger charge is -2.26. The number of hydrogen-bond donors (Lipinski definition) is 0. The van der Waals surface area contributed by atoms with Crippen molar-refractivity contribution in [3.8, 4) is 17.2 Å². The van der Waals surface area contributed by atoms with Crippen molar-refractivity contribution in [2.45, 2.75) is 38.1 Å². The van der Waals surface area contributed by atoms with Gasteiger partial charge in [0.05, 0.1) is 11.3 Å². The quantitative estimate of drug-likeness (QED) is 0.594. The zero-order valence-corrected chi connectivity index (χ0v) is 17.9. The molecule has 2 fully saturated rings. The van der Waals surface area contributed by atoms with Crippen LogP contribution in [0.25, 0.3) is 22.2 Å². The van der Waals surface area contributed by atoms with Gasteiger partial charge in [0.25, 0.3) is 0 Å². The molecule has 0 unspecified atom stereocenters. The number of aromatic nitrogens is 1. The number of anilines is 1. The summed E-state index contributed by atoms with van der Waals surface area (Å²) in [6, 6.07) is 6.01. The van der Waals surface area contributed by atoms with Crippen molar-refractivity contribution < 1.29 is 13.2 Å². The molecule has 1 atom stereocenters. The van der Waals surface area contributed by atoms with Gasteiger partial charge in [-0.05, 0) is 64.0 Å². The minimum Gasteiger partial charge on any atom is -0.438 e. The second-order valence-electron chi connectivity index (χ2n) is 8.82. The van der Waals surface area contributed by atoms with E-state index in [1.54, 1.807) is 6.92 Å². The topological polar surface area (TPSA) is 56.3 Å². The Morgan fingerprint density at radius 2 is 2.00 bits per heavy atom. The summed E-state index contributed by atoms with van der Waals surface area (Å²) in [4.78, 5) is 9.02. The Labute approximate surface area is 179 Å². The van der Waals surface area contributed by atoms with E-state index in [1.807, 2.05) is 14.1 Å². The second kappa shape index (κ2) is 7.31. The lowest BCUT2D eigenvalue weighted by atomic mass is 9.92. The molecule has 0 radical (unpaired) electrons. The molecule has 0 N–H and O–H groups in total. The van der Waals surface area contributed by atoms with Gasteiger partial charge in [-0.25, -0.2) is 13.8 Å². The molecule has 31 heavy (non-hydrogen) atoms. The predicted molar refractivity (Wildman–Crippen MR) is 115 cm³/mol. The van der Waals surface area contributed by atoms with E-state index in [2.05, 4.69) is 20.9 Å². The van der Waals surface area contributed by atoms with Crippen molar-refractivity contribution in [1.82, 2.24) is 9.88 Å². The molecule has 1 aliphatic heterocycles. The number of hydrogen-bond acceptors (Lipinski definition) is 5. The van der Waals surface area contributed by atoms with Crippen molar-refractivity contribution in [1.29, 1.82) is 5.26 Å². The summed E-state index contributed by atoms with van der Waals surface area (Å²) in [5.41, 5.74) is 3.34. The van der Waals surface area contributed by atoms with Crippen LogP contribution in [0.2, 0.25) is 0 Å².